The highest BCUT2D eigenvalue weighted by atomic mass is 35.5. The third-order valence-corrected chi connectivity index (χ3v) is 5.86. The molecule has 162 valence electrons. The summed E-state index contributed by atoms with van der Waals surface area (Å²) in [7, 11) is 0. The average molecular weight is 439 g/mol. The van der Waals surface area contributed by atoms with Crippen molar-refractivity contribution in [2.45, 2.75) is 39.2 Å². The molecule has 1 saturated heterocycles. The molecule has 0 bridgehead atoms. The van der Waals surface area contributed by atoms with Gasteiger partial charge in [0.05, 0.1) is 12.5 Å². The number of rotatable bonds is 6. The zero-order valence-electron chi connectivity index (χ0n) is 17.8. The van der Waals surface area contributed by atoms with E-state index in [0.717, 1.165) is 36.2 Å². The zero-order valence-corrected chi connectivity index (χ0v) is 18.6. The number of likely N-dealkylation sites (tertiary alicyclic amines) is 1. The molecule has 0 saturated carbocycles. The molecule has 1 unspecified atom stereocenters. The van der Waals surface area contributed by atoms with Crippen LogP contribution in [0.3, 0.4) is 0 Å². The molecule has 6 nitrogen and oxygen atoms in total. The molecule has 0 aliphatic carbocycles. The Hall–Kier alpha value is -2.70. The molecule has 4 rings (SSSR count). The molecule has 1 fully saturated rings. The molecule has 1 amide bonds. The van der Waals surface area contributed by atoms with E-state index in [-0.39, 0.29) is 11.8 Å². The van der Waals surface area contributed by atoms with E-state index in [9.17, 15) is 4.79 Å². The topological polar surface area (TPSA) is 71.3 Å². The largest absolute Gasteiger partial charge is 0.338 e. The Labute approximate surface area is 187 Å². The summed E-state index contributed by atoms with van der Waals surface area (Å²) in [5, 5.41) is 7.86. The average Bonchev–Trinajstić information content (AvgIpc) is 3.22. The van der Waals surface area contributed by atoms with Crippen molar-refractivity contribution in [1.29, 1.82) is 0 Å². The normalized spacial score (nSPS) is 17.1. The number of benzene rings is 2. The van der Waals surface area contributed by atoms with Crippen molar-refractivity contribution in [1.82, 2.24) is 15.0 Å². The van der Waals surface area contributed by atoms with Gasteiger partial charge in [0, 0.05) is 22.8 Å². The Morgan fingerprint density at radius 2 is 2.10 bits per heavy atom. The van der Waals surface area contributed by atoms with Gasteiger partial charge in [0.15, 0.2) is 0 Å². The Kier molecular flexibility index (Phi) is 6.68. The highest BCUT2D eigenvalue weighted by Gasteiger charge is 2.27. The number of hydrogen-bond acceptors (Lipinski definition) is 5. The van der Waals surface area contributed by atoms with E-state index in [0.29, 0.717) is 35.7 Å². The number of nitrogens with zero attached hydrogens (tertiary/aromatic N) is 3. The summed E-state index contributed by atoms with van der Waals surface area (Å²) in [5.41, 5.74) is 2.88. The van der Waals surface area contributed by atoms with Crippen LogP contribution in [-0.4, -0.2) is 34.0 Å². The number of carbonyl (C=O) groups is 1. The molecule has 7 heteroatoms. The molecule has 0 radical (unpaired) electrons. The second-order valence-corrected chi connectivity index (χ2v) is 8.76. The predicted octanol–water partition coefficient (Wildman–Crippen LogP) is 5.36. The molecule has 1 aromatic heterocycles. The molecule has 2 aromatic carbocycles. The van der Waals surface area contributed by atoms with E-state index >= 15 is 0 Å². The Balaban J connectivity index is 1.38. The number of amides is 1. The number of piperidine rings is 1. The lowest BCUT2D eigenvalue weighted by Gasteiger charge is -2.31. The van der Waals surface area contributed by atoms with Crippen molar-refractivity contribution < 1.29 is 9.32 Å². The molecule has 1 N–H and O–H groups in total. The second kappa shape index (κ2) is 9.62. The van der Waals surface area contributed by atoms with Gasteiger partial charge in [-0.05, 0) is 49.1 Å². The van der Waals surface area contributed by atoms with Gasteiger partial charge in [-0.25, -0.2) is 0 Å². The summed E-state index contributed by atoms with van der Waals surface area (Å²) in [6.07, 6.45) is 1.84. The van der Waals surface area contributed by atoms with Gasteiger partial charge >= 0.3 is 0 Å². The van der Waals surface area contributed by atoms with Gasteiger partial charge in [-0.1, -0.05) is 60.9 Å². The molecule has 1 aliphatic heterocycles. The number of hydrogen-bond donors (Lipinski definition) is 1. The van der Waals surface area contributed by atoms with Gasteiger partial charge in [-0.3, -0.25) is 9.69 Å². The number of carbonyl (C=O) groups excluding carboxylic acids is 1. The number of aromatic nitrogens is 2. The third kappa shape index (κ3) is 5.32. The fourth-order valence-corrected chi connectivity index (χ4v) is 4.21. The van der Waals surface area contributed by atoms with E-state index in [2.05, 4.69) is 40.3 Å². The number of nitrogens with one attached hydrogen (secondary N) is 1. The Bertz CT molecular complexity index is 1050. The van der Waals surface area contributed by atoms with Crippen LogP contribution in [0.25, 0.3) is 11.4 Å². The summed E-state index contributed by atoms with van der Waals surface area (Å²) >= 11 is 6.06. The van der Waals surface area contributed by atoms with Crippen molar-refractivity contribution in [2.24, 2.45) is 5.92 Å². The second-order valence-electron chi connectivity index (χ2n) is 8.33. The molecule has 1 aliphatic rings. The Morgan fingerprint density at radius 1 is 1.26 bits per heavy atom. The Morgan fingerprint density at radius 3 is 2.90 bits per heavy atom. The first-order valence-electron chi connectivity index (χ1n) is 10.7. The number of anilines is 1. The van der Waals surface area contributed by atoms with Crippen LogP contribution in [0.2, 0.25) is 5.02 Å². The summed E-state index contributed by atoms with van der Waals surface area (Å²) < 4.78 is 5.45. The van der Waals surface area contributed by atoms with Gasteiger partial charge in [0.25, 0.3) is 0 Å². The lowest BCUT2D eigenvalue weighted by molar-refractivity contribution is -0.121. The van der Waals surface area contributed by atoms with E-state index in [4.69, 9.17) is 16.1 Å². The van der Waals surface area contributed by atoms with Gasteiger partial charge in [-0.15, -0.1) is 0 Å². The van der Waals surface area contributed by atoms with Crippen LogP contribution in [0.1, 0.15) is 44.1 Å². The lowest BCUT2D eigenvalue weighted by atomic mass is 9.96. The van der Waals surface area contributed by atoms with Crippen molar-refractivity contribution in [2.75, 3.05) is 18.4 Å². The molecular formula is C24H27ClN4O2. The minimum Gasteiger partial charge on any atom is -0.338 e. The third-order valence-electron chi connectivity index (χ3n) is 5.63. The first-order valence-corrected chi connectivity index (χ1v) is 11.1. The maximum atomic E-state index is 13.0. The number of para-hydroxylation sites is 1. The van der Waals surface area contributed by atoms with Gasteiger partial charge in [0.1, 0.15) is 0 Å². The van der Waals surface area contributed by atoms with Crippen LogP contribution in [0.4, 0.5) is 5.69 Å². The summed E-state index contributed by atoms with van der Waals surface area (Å²) in [5.74, 6) is 1.42. The quantitative estimate of drug-likeness (QED) is 0.560. The van der Waals surface area contributed by atoms with Crippen molar-refractivity contribution in [3.63, 3.8) is 0 Å². The van der Waals surface area contributed by atoms with E-state index in [1.165, 1.54) is 0 Å². The summed E-state index contributed by atoms with van der Waals surface area (Å²) in [6, 6.07) is 15.4. The van der Waals surface area contributed by atoms with Crippen LogP contribution < -0.4 is 5.32 Å². The van der Waals surface area contributed by atoms with Crippen molar-refractivity contribution in [3.8, 4) is 11.4 Å². The first-order chi connectivity index (χ1) is 15.0. The standard InChI is InChI=1S/C24H27ClN4O2/c1-16(2)20-10-3-4-11-21(20)26-24(30)18-8-6-12-29(14-18)15-22-27-23(28-31-22)17-7-5-9-19(25)13-17/h3-5,7,9-11,13,16,18H,6,8,12,14-15H2,1-2H3,(H,26,30). The maximum Gasteiger partial charge on any atom is 0.241 e. The lowest BCUT2D eigenvalue weighted by Crippen LogP contribution is -2.40. The smallest absolute Gasteiger partial charge is 0.241 e. The maximum absolute atomic E-state index is 13.0. The van der Waals surface area contributed by atoms with Crippen molar-refractivity contribution in [3.05, 3.63) is 65.0 Å². The molecular weight excluding hydrogens is 412 g/mol. The summed E-state index contributed by atoms with van der Waals surface area (Å²) in [4.78, 5) is 19.7. The van der Waals surface area contributed by atoms with E-state index < -0.39 is 0 Å². The van der Waals surface area contributed by atoms with Crippen molar-refractivity contribution >= 4 is 23.2 Å². The van der Waals surface area contributed by atoms with Crippen LogP contribution in [-0.2, 0) is 11.3 Å². The van der Waals surface area contributed by atoms with Crippen LogP contribution in [0.5, 0.6) is 0 Å². The first kappa shape index (κ1) is 21.5. The predicted molar refractivity (Wildman–Crippen MR) is 122 cm³/mol. The molecule has 3 aromatic rings. The van der Waals surface area contributed by atoms with Crippen LogP contribution >= 0.6 is 11.6 Å². The van der Waals surface area contributed by atoms with Crippen LogP contribution in [0, 0.1) is 5.92 Å². The highest BCUT2D eigenvalue weighted by Crippen LogP contribution is 2.26. The zero-order chi connectivity index (χ0) is 21.8. The van der Waals surface area contributed by atoms with Gasteiger partial charge in [0.2, 0.25) is 17.6 Å². The van der Waals surface area contributed by atoms with E-state index in [1.807, 2.05) is 42.5 Å². The molecule has 1 atom stereocenters. The molecule has 31 heavy (non-hydrogen) atoms. The minimum absolute atomic E-state index is 0.0655. The number of halogens is 1. The monoisotopic (exact) mass is 438 g/mol. The fourth-order valence-electron chi connectivity index (χ4n) is 4.02. The van der Waals surface area contributed by atoms with E-state index in [1.54, 1.807) is 0 Å². The SMILES string of the molecule is CC(C)c1ccccc1NC(=O)C1CCCN(Cc2nc(-c3cccc(Cl)c3)no2)C1. The van der Waals surface area contributed by atoms with Gasteiger partial charge < -0.3 is 9.84 Å². The minimum atomic E-state index is -0.0655. The molecule has 0 spiro atoms. The molecule has 2 heterocycles. The summed E-state index contributed by atoms with van der Waals surface area (Å²) in [6.45, 7) is 6.37. The highest BCUT2D eigenvalue weighted by molar-refractivity contribution is 6.30. The van der Waals surface area contributed by atoms with Gasteiger partial charge in [-0.2, -0.15) is 4.98 Å². The van der Waals surface area contributed by atoms with Crippen LogP contribution in [0.15, 0.2) is 53.1 Å². The fraction of sp³-hybridized carbons (Fsp3) is 0.375.